The molecule has 0 radical (unpaired) electrons. The fraction of sp³-hybridized carbons (Fsp3) is 0.185. The number of carbonyl (C=O) groups is 3. The van der Waals surface area contributed by atoms with Gasteiger partial charge in [0.05, 0.1) is 37.2 Å². The third-order valence-electron chi connectivity index (χ3n) is 6.36. The van der Waals surface area contributed by atoms with Gasteiger partial charge in [-0.1, -0.05) is 41.4 Å². The van der Waals surface area contributed by atoms with Gasteiger partial charge in [-0.3, -0.25) is 19.3 Å². The Bertz CT molecular complexity index is 1450. The van der Waals surface area contributed by atoms with Crippen LogP contribution in [-0.4, -0.2) is 49.1 Å². The third-order valence-corrected chi connectivity index (χ3v) is 6.85. The van der Waals surface area contributed by atoms with E-state index in [9.17, 15) is 14.4 Å². The molecule has 0 saturated carbocycles. The van der Waals surface area contributed by atoms with Crippen LogP contribution in [0.25, 0.3) is 0 Å². The molecule has 3 aromatic carbocycles. The summed E-state index contributed by atoms with van der Waals surface area (Å²) in [7, 11) is 3.08. The average Bonchev–Trinajstić information content (AvgIpc) is 3.45. The van der Waals surface area contributed by atoms with Gasteiger partial charge in [0.25, 0.3) is 17.6 Å². The summed E-state index contributed by atoms with van der Waals surface area (Å²) in [6.07, 6.45) is 0.419. The Morgan fingerprint density at radius 2 is 1.65 bits per heavy atom. The molecule has 1 unspecified atom stereocenters. The maximum absolute atomic E-state index is 13.6. The smallest absolute Gasteiger partial charge is 0.299 e. The first-order valence-corrected chi connectivity index (χ1v) is 12.1. The number of halogens is 2. The summed E-state index contributed by atoms with van der Waals surface area (Å²) in [6, 6.07) is 16.7. The topological polar surface area (TPSA) is 88.5 Å². The van der Waals surface area contributed by atoms with Gasteiger partial charge >= 0.3 is 0 Å². The summed E-state index contributed by atoms with van der Waals surface area (Å²) in [5.41, 5.74) is 2.79. The number of amides is 2. The molecule has 2 aliphatic rings. The summed E-state index contributed by atoms with van der Waals surface area (Å²) in [6.45, 7) is -0.361. The molecule has 1 atom stereocenters. The molecule has 0 aliphatic carbocycles. The number of nitrogens with zero attached hydrogens (tertiary/aromatic N) is 3. The molecule has 0 N–H and O–H groups in total. The number of ketones is 1. The number of benzene rings is 3. The monoisotopic (exact) mass is 537 g/mol. The van der Waals surface area contributed by atoms with Crippen molar-refractivity contribution >= 4 is 52.2 Å². The van der Waals surface area contributed by atoms with Gasteiger partial charge in [0, 0.05) is 16.5 Å². The van der Waals surface area contributed by atoms with Crippen molar-refractivity contribution in [3.8, 4) is 11.5 Å². The van der Waals surface area contributed by atoms with Crippen LogP contribution in [0, 0.1) is 0 Å². The molecule has 5 rings (SSSR count). The lowest BCUT2D eigenvalue weighted by atomic mass is 9.98. The predicted molar refractivity (Wildman–Crippen MR) is 140 cm³/mol. The lowest BCUT2D eigenvalue weighted by Crippen LogP contribution is -2.40. The van der Waals surface area contributed by atoms with E-state index in [4.69, 9.17) is 32.7 Å². The van der Waals surface area contributed by atoms with Crippen LogP contribution in [0.15, 0.2) is 65.8 Å². The van der Waals surface area contributed by atoms with Crippen molar-refractivity contribution in [2.75, 3.05) is 25.7 Å². The highest BCUT2D eigenvalue weighted by molar-refractivity contribution is 6.53. The molecule has 188 valence electrons. The number of hydrogen-bond acceptors (Lipinski definition) is 6. The van der Waals surface area contributed by atoms with E-state index in [1.54, 1.807) is 43.5 Å². The Hall–Kier alpha value is -3.88. The lowest BCUT2D eigenvalue weighted by Gasteiger charge is -2.25. The van der Waals surface area contributed by atoms with Crippen LogP contribution in [0.4, 0.5) is 5.69 Å². The van der Waals surface area contributed by atoms with Crippen LogP contribution in [-0.2, 0) is 9.59 Å². The zero-order chi connectivity index (χ0) is 26.3. The first kappa shape index (κ1) is 24.8. The lowest BCUT2D eigenvalue weighted by molar-refractivity contribution is -0.132. The van der Waals surface area contributed by atoms with E-state index < -0.39 is 23.6 Å². The maximum atomic E-state index is 13.6. The van der Waals surface area contributed by atoms with Crippen molar-refractivity contribution in [2.24, 2.45) is 5.10 Å². The van der Waals surface area contributed by atoms with Crippen LogP contribution in [0.5, 0.6) is 11.5 Å². The van der Waals surface area contributed by atoms with E-state index in [1.807, 2.05) is 18.2 Å². The number of Topliss-reactive ketones (excluding diaryl/α,β-unsaturated/α-hetero) is 1. The standard InChI is InChI=1S/C27H21Cl2N3O5/c1-36-23-10-5-16(11-24(23)37-2)22-13-20(15-3-6-17(28)7-4-15)30-32(22)25(33)14-31-21-9-8-18(29)12-19(21)26(34)27(31)35/h3-12,22H,13-14H2,1-2H3. The van der Waals surface area contributed by atoms with Crippen LogP contribution in [0.1, 0.15) is 33.9 Å². The summed E-state index contributed by atoms with van der Waals surface area (Å²) >= 11 is 12.1. The van der Waals surface area contributed by atoms with Gasteiger partial charge in [-0.05, 0) is 53.6 Å². The van der Waals surface area contributed by atoms with Crippen molar-refractivity contribution in [2.45, 2.75) is 12.5 Å². The predicted octanol–water partition coefficient (Wildman–Crippen LogP) is 4.92. The summed E-state index contributed by atoms with van der Waals surface area (Å²) in [4.78, 5) is 40.0. The highest BCUT2D eigenvalue weighted by Crippen LogP contribution is 2.38. The molecule has 2 heterocycles. The Balaban J connectivity index is 1.50. The average molecular weight is 538 g/mol. The molecule has 8 nitrogen and oxygen atoms in total. The molecule has 37 heavy (non-hydrogen) atoms. The molecule has 0 spiro atoms. The Morgan fingerprint density at radius 1 is 0.946 bits per heavy atom. The second-order valence-corrected chi connectivity index (χ2v) is 9.38. The van der Waals surface area contributed by atoms with Gasteiger partial charge in [0.15, 0.2) is 11.5 Å². The normalized spacial score (nSPS) is 16.6. The summed E-state index contributed by atoms with van der Waals surface area (Å²) in [5, 5.41) is 6.92. The molecule has 0 aromatic heterocycles. The Kier molecular flexibility index (Phi) is 6.62. The van der Waals surface area contributed by atoms with Crippen LogP contribution in [0.2, 0.25) is 10.0 Å². The van der Waals surface area contributed by atoms with E-state index >= 15 is 0 Å². The molecule has 0 fully saturated rings. The zero-order valence-corrected chi connectivity index (χ0v) is 21.4. The van der Waals surface area contributed by atoms with Crippen molar-refractivity contribution in [1.29, 1.82) is 0 Å². The molecule has 10 heteroatoms. The van der Waals surface area contributed by atoms with Gasteiger partial charge in [-0.15, -0.1) is 0 Å². The maximum Gasteiger partial charge on any atom is 0.299 e. The minimum Gasteiger partial charge on any atom is -0.493 e. The summed E-state index contributed by atoms with van der Waals surface area (Å²) in [5.74, 6) is -0.869. The molecular weight excluding hydrogens is 517 g/mol. The van der Waals surface area contributed by atoms with Gasteiger partial charge in [0.1, 0.15) is 6.54 Å². The van der Waals surface area contributed by atoms with Gasteiger partial charge in [-0.25, -0.2) is 5.01 Å². The van der Waals surface area contributed by atoms with Crippen molar-refractivity contribution < 1.29 is 23.9 Å². The number of hydrogen-bond donors (Lipinski definition) is 0. The number of ether oxygens (including phenoxy) is 2. The number of methoxy groups -OCH3 is 2. The summed E-state index contributed by atoms with van der Waals surface area (Å²) < 4.78 is 10.8. The van der Waals surface area contributed by atoms with Crippen LogP contribution >= 0.6 is 23.2 Å². The number of carbonyl (C=O) groups excluding carboxylic acids is 3. The number of rotatable bonds is 6. The molecular formula is C27H21Cl2N3O5. The first-order chi connectivity index (χ1) is 17.8. The quantitative estimate of drug-likeness (QED) is 0.416. The van der Waals surface area contributed by atoms with Gasteiger partial charge < -0.3 is 9.47 Å². The van der Waals surface area contributed by atoms with Crippen molar-refractivity contribution in [3.63, 3.8) is 0 Å². The number of hydrazone groups is 1. The van der Waals surface area contributed by atoms with E-state index in [-0.39, 0.29) is 12.1 Å². The minimum atomic E-state index is -0.783. The Morgan fingerprint density at radius 3 is 2.35 bits per heavy atom. The fourth-order valence-electron chi connectivity index (χ4n) is 4.51. The highest BCUT2D eigenvalue weighted by Gasteiger charge is 2.40. The van der Waals surface area contributed by atoms with Gasteiger partial charge in [0.2, 0.25) is 0 Å². The van der Waals surface area contributed by atoms with E-state index in [1.165, 1.54) is 18.2 Å². The van der Waals surface area contributed by atoms with E-state index in [0.717, 1.165) is 16.0 Å². The highest BCUT2D eigenvalue weighted by atomic mass is 35.5. The SMILES string of the molecule is COc1ccc(C2CC(c3ccc(Cl)cc3)=NN2C(=O)CN2C(=O)C(=O)c3cc(Cl)ccc32)cc1OC. The fourth-order valence-corrected chi connectivity index (χ4v) is 4.81. The van der Waals surface area contributed by atoms with E-state index in [0.29, 0.717) is 39.4 Å². The van der Waals surface area contributed by atoms with Gasteiger partial charge in [-0.2, -0.15) is 5.10 Å². The third kappa shape index (κ3) is 4.54. The Labute approximate surface area is 223 Å². The molecule has 0 saturated heterocycles. The zero-order valence-electron chi connectivity index (χ0n) is 19.9. The minimum absolute atomic E-state index is 0.175. The van der Waals surface area contributed by atoms with E-state index in [2.05, 4.69) is 5.10 Å². The molecule has 0 bridgehead atoms. The van der Waals surface area contributed by atoms with Crippen molar-refractivity contribution in [1.82, 2.24) is 5.01 Å². The van der Waals surface area contributed by atoms with Crippen LogP contribution < -0.4 is 14.4 Å². The number of anilines is 1. The second-order valence-electron chi connectivity index (χ2n) is 8.51. The second kappa shape index (κ2) is 9.88. The largest absolute Gasteiger partial charge is 0.493 e. The first-order valence-electron chi connectivity index (χ1n) is 11.3. The number of fused-ring (bicyclic) bond motifs is 1. The molecule has 2 aliphatic heterocycles. The van der Waals surface area contributed by atoms with Crippen LogP contribution in [0.3, 0.4) is 0 Å². The molecule has 3 aromatic rings. The van der Waals surface area contributed by atoms with Crippen molar-refractivity contribution in [3.05, 3.63) is 87.4 Å². The molecule has 2 amide bonds.